The molecule has 1 atom stereocenters. The summed E-state index contributed by atoms with van der Waals surface area (Å²) in [6, 6.07) is 6.57. The SMILES string of the molecule is COc1ccc2c(c1OC)C(O)=C(N(C=O)c1ccncc1)C(O)N2C. The molecule has 2 N–H and O–H groups in total. The first-order valence-corrected chi connectivity index (χ1v) is 7.79. The van der Waals surface area contributed by atoms with Crippen molar-refractivity contribution in [2.45, 2.75) is 6.23 Å². The summed E-state index contributed by atoms with van der Waals surface area (Å²) in [5.41, 5.74) is 1.33. The summed E-state index contributed by atoms with van der Waals surface area (Å²) in [5, 5.41) is 21.7. The van der Waals surface area contributed by atoms with Crippen molar-refractivity contribution < 1.29 is 24.5 Å². The molecule has 8 heteroatoms. The quantitative estimate of drug-likeness (QED) is 0.787. The first-order chi connectivity index (χ1) is 12.5. The van der Waals surface area contributed by atoms with Gasteiger partial charge in [0.15, 0.2) is 23.5 Å². The maximum Gasteiger partial charge on any atom is 0.218 e. The van der Waals surface area contributed by atoms with E-state index >= 15 is 0 Å². The first-order valence-electron chi connectivity index (χ1n) is 7.79. The Morgan fingerprint density at radius 1 is 1.19 bits per heavy atom. The fourth-order valence-electron chi connectivity index (χ4n) is 3.00. The molecule has 0 spiro atoms. The molecule has 0 saturated carbocycles. The molecule has 0 radical (unpaired) electrons. The van der Waals surface area contributed by atoms with Crippen molar-refractivity contribution in [2.75, 3.05) is 31.1 Å². The molecular formula is C18H19N3O5. The van der Waals surface area contributed by atoms with Crippen LogP contribution in [0.3, 0.4) is 0 Å². The van der Waals surface area contributed by atoms with Gasteiger partial charge in [-0.15, -0.1) is 0 Å². The summed E-state index contributed by atoms with van der Waals surface area (Å²) in [6.45, 7) is 0. The van der Waals surface area contributed by atoms with E-state index in [0.717, 1.165) is 0 Å². The lowest BCUT2D eigenvalue weighted by Gasteiger charge is -2.37. The Hall–Kier alpha value is -3.26. The average Bonchev–Trinajstić information content (AvgIpc) is 2.68. The monoisotopic (exact) mass is 357 g/mol. The number of ether oxygens (including phenoxy) is 2. The number of anilines is 2. The van der Waals surface area contributed by atoms with Crippen LogP contribution in [-0.2, 0) is 4.79 Å². The maximum atomic E-state index is 11.8. The summed E-state index contributed by atoms with van der Waals surface area (Å²) in [6.07, 6.45) is 2.30. The van der Waals surface area contributed by atoms with Crippen molar-refractivity contribution in [3.63, 3.8) is 0 Å². The number of amides is 1. The molecule has 1 aliphatic heterocycles. The summed E-state index contributed by atoms with van der Waals surface area (Å²) < 4.78 is 10.7. The lowest BCUT2D eigenvalue weighted by atomic mass is 10.0. The Kier molecular flexibility index (Phi) is 4.68. The Bertz CT molecular complexity index is 853. The molecule has 0 fully saturated rings. The number of hydrogen-bond donors (Lipinski definition) is 2. The summed E-state index contributed by atoms with van der Waals surface area (Å²) in [4.78, 5) is 18.4. The fourth-order valence-corrected chi connectivity index (χ4v) is 3.00. The van der Waals surface area contributed by atoms with Crippen LogP contribution >= 0.6 is 0 Å². The van der Waals surface area contributed by atoms with E-state index in [-0.39, 0.29) is 11.5 Å². The molecule has 136 valence electrons. The average molecular weight is 357 g/mol. The van der Waals surface area contributed by atoms with Gasteiger partial charge in [0.2, 0.25) is 6.41 Å². The molecule has 0 bridgehead atoms. The number of benzene rings is 1. The minimum Gasteiger partial charge on any atom is -0.505 e. The zero-order valence-corrected chi connectivity index (χ0v) is 14.6. The van der Waals surface area contributed by atoms with Gasteiger partial charge in [0.05, 0.1) is 31.2 Å². The van der Waals surface area contributed by atoms with E-state index in [2.05, 4.69) is 4.98 Å². The van der Waals surface area contributed by atoms with Gasteiger partial charge in [-0.1, -0.05) is 0 Å². The predicted octanol–water partition coefficient (Wildman–Crippen LogP) is 1.76. The Balaban J connectivity index is 2.27. The molecular weight excluding hydrogens is 338 g/mol. The van der Waals surface area contributed by atoms with Gasteiger partial charge in [-0.2, -0.15) is 0 Å². The van der Waals surface area contributed by atoms with Crippen molar-refractivity contribution >= 4 is 23.5 Å². The van der Waals surface area contributed by atoms with Crippen molar-refractivity contribution in [2.24, 2.45) is 0 Å². The lowest BCUT2D eigenvalue weighted by Crippen LogP contribution is -2.43. The van der Waals surface area contributed by atoms with Crippen LogP contribution < -0.4 is 19.3 Å². The van der Waals surface area contributed by atoms with Crippen LogP contribution in [0.4, 0.5) is 11.4 Å². The van der Waals surface area contributed by atoms with Gasteiger partial charge in [-0.25, -0.2) is 0 Å². The zero-order chi connectivity index (χ0) is 18.8. The van der Waals surface area contributed by atoms with E-state index in [1.165, 1.54) is 36.4 Å². The van der Waals surface area contributed by atoms with Gasteiger partial charge in [0.25, 0.3) is 0 Å². The van der Waals surface area contributed by atoms with Crippen LogP contribution in [0.15, 0.2) is 42.4 Å². The van der Waals surface area contributed by atoms with Crippen molar-refractivity contribution in [3.8, 4) is 11.5 Å². The Labute approximate surface area is 150 Å². The molecule has 0 saturated heterocycles. The van der Waals surface area contributed by atoms with Crippen LogP contribution in [0.1, 0.15) is 5.56 Å². The Morgan fingerprint density at radius 2 is 1.88 bits per heavy atom. The number of carbonyl (C=O) groups excluding carboxylic acids is 1. The van der Waals surface area contributed by atoms with E-state index in [1.807, 2.05) is 0 Å². The third kappa shape index (κ3) is 2.60. The second-order valence-electron chi connectivity index (χ2n) is 5.59. The molecule has 1 aromatic heterocycles. The molecule has 1 aromatic carbocycles. The highest BCUT2D eigenvalue weighted by Gasteiger charge is 2.36. The molecule has 1 unspecified atom stereocenters. The minimum absolute atomic E-state index is 0.00718. The number of aromatic nitrogens is 1. The minimum atomic E-state index is -1.25. The van der Waals surface area contributed by atoms with E-state index < -0.39 is 6.23 Å². The summed E-state index contributed by atoms with van der Waals surface area (Å²) >= 11 is 0. The van der Waals surface area contributed by atoms with E-state index in [1.54, 1.807) is 31.3 Å². The van der Waals surface area contributed by atoms with Crippen molar-refractivity contribution in [3.05, 3.63) is 47.9 Å². The molecule has 26 heavy (non-hydrogen) atoms. The third-order valence-electron chi connectivity index (χ3n) is 4.30. The number of hydrogen-bond acceptors (Lipinski definition) is 7. The van der Waals surface area contributed by atoms with Crippen LogP contribution in [0.5, 0.6) is 11.5 Å². The molecule has 2 aromatic rings. The number of rotatable bonds is 5. The maximum absolute atomic E-state index is 11.8. The smallest absolute Gasteiger partial charge is 0.218 e. The molecule has 1 aliphatic rings. The number of aliphatic hydroxyl groups is 2. The van der Waals surface area contributed by atoms with Crippen molar-refractivity contribution in [1.82, 2.24) is 4.98 Å². The largest absolute Gasteiger partial charge is 0.505 e. The van der Waals surface area contributed by atoms with E-state index in [9.17, 15) is 15.0 Å². The summed E-state index contributed by atoms with van der Waals surface area (Å²) in [5.74, 6) is 0.452. The van der Waals surface area contributed by atoms with Crippen LogP contribution in [0, 0.1) is 0 Å². The van der Waals surface area contributed by atoms with Gasteiger partial charge in [0, 0.05) is 19.4 Å². The van der Waals surface area contributed by atoms with E-state index in [4.69, 9.17) is 9.47 Å². The van der Waals surface area contributed by atoms with Crippen LogP contribution in [0.25, 0.3) is 5.76 Å². The molecule has 8 nitrogen and oxygen atoms in total. The number of likely N-dealkylation sites (N-methyl/N-ethyl adjacent to an activating group) is 1. The normalized spacial score (nSPS) is 16.2. The molecule has 1 amide bonds. The number of methoxy groups -OCH3 is 2. The second kappa shape index (κ2) is 6.93. The highest BCUT2D eigenvalue weighted by Crippen LogP contribution is 2.46. The number of pyridine rings is 1. The highest BCUT2D eigenvalue weighted by atomic mass is 16.5. The van der Waals surface area contributed by atoms with Gasteiger partial charge >= 0.3 is 0 Å². The predicted molar refractivity (Wildman–Crippen MR) is 96.3 cm³/mol. The molecule has 3 rings (SSSR count). The van der Waals surface area contributed by atoms with E-state index in [0.29, 0.717) is 34.8 Å². The van der Waals surface area contributed by atoms with Gasteiger partial charge in [0.1, 0.15) is 5.70 Å². The third-order valence-corrected chi connectivity index (χ3v) is 4.30. The second-order valence-corrected chi connectivity index (χ2v) is 5.59. The van der Waals surface area contributed by atoms with Gasteiger partial charge in [-0.3, -0.25) is 14.7 Å². The Morgan fingerprint density at radius 3 is 2.46 bits per heavy atom. The zero-order valence-electron chi connectivity index (χ0n) is 14.6. The highest BCUT2D eigenvalue weighted by molar-refractivity contribution is 5.91. The van der Waals surface area contributed by atoms with Crippen LogP contribution in [0.2, 0.25) is 0 Å². The topological polar surface area (TPSA) is 95.4 Å². The number of fused-ring (bicyclic) bond motifs is 1. The first kappa shape index (κ1) is 17.6. The van der Waals surface area contributed by atoms with Crippen LogP contribution in [-0.4, -0.2) is 49.1 Å². The molecule has 0 aliphatic carbocycles. The number of aliphatic hydroxyl groups excluding tert-OH is 2. The standard InChI is InChI=1S/C18H19N3O5/c1-20-12-4-5-13(25-2)17(26-3)14(12)16(23)15(18(20)24)21(10-22)11-6-8-19-9-7-11/h4-10,18,23-24H,1-3H3. The van der Waals surface area contributed by atoms with Gasteiger partial charge < -0.3 is 24.6 Å². The summed E-state index contributed by atoms with van der Waals surface area (Å²) in [7, 11) is 4.59. The molecule has 2 heterocycles. The van der Waals surface area contributed by atoms with Crippen molar-refractivity contribution in [1.29, 1.82) is 0 Å². The number of nitrogens with zero attached hydrogens (tertiary/aromatic N) is 3. The van der Waals surface area contributed by atoms with Gasteiger partial charge in [-0.05, 0) is 24.3 Å². The fraction of sp³-hybridized carbons (Fsp3) is 0.222. The lowest BCUT2D eigenvalue weighted by molar-refractivity contribution is -0.107. The number of carbonyl (C=O) groups is 1.